The number of benzene rings is 1. The van der Waals surface area contributed by atoms with E-state index in [1.54, 1.807) is 6.26 Å². The number of nitrogens with zero attached hydrogens (tertiary/aromatic N) is 1. The molecule has 3 nitrogen and oxygen atoms in total. The molecule has 1 aliphatic heterocycles. The molecule has 122 valence electrons. The van der Waals surface area contributed by atoms with Crippen LogP contribution in [0.5, 0.6) is 5.75 Å². The van der Waals surface area contributed by atoms with Gasteiger partial charge in [-0.25, -0.2) is 0 Å². The Morgan fingerprint density at radius 1 is 1.26 bits per heavy atom. The van der Waals surface area contributed by atoms with Crippen LogP contribution >= 0.6 is 0 Å². The van der Waals surface area contributed by atoms with Crippen LogP contribution in [-0.2, 0) is 18.4 Å². The first kappa shape index (κ1) is 14.8. The summed E-state index contributed by atoms with van der Waals surface area (Å²) in [6.07, 6.45) is 5.71. The number of hydrogen-bond donors (Lipinski definition) is 1. The molecule has 0 saturated carbocycles. The Morgan fingerprint density at radius 2 is 2.09 bits per heavy atom. The third-order valence-corrected chi connectivity index (χ3v) is 6.71. The van der Waals surface area contributed by atoms with Crippen LogP contribution < -0.4 is 0 Å². The number of aromatic hydroxyl groups is 1. The molecule has 3 heteroatoms. The van der Waals surface area contributed by atoms with Crippen molar-refractivity contribution in [3.05, 3.63) is 53.5 Å². The fraction of sp³-hybridized carbons (Fsp3) is 0.500. The van der Waals surface area contributed by atoms with Crippen molar-refractivity contribution in [2.75, 3.05) is 6.54 Å². The summed E-state index contributed by atoms with van der Waals surface area (Å²) in [7, 11) is 0. The second kappa shape index (κ2) is 4.88. The SMILES string of the molecule is CC1(C)c2cccc(O)c2C[C@H]2N(Cc3ccoc3)CC[C@@]21C. The van der Waals surface area contributed by atoms with Crippen molar-refractivity contribution < 1.29 is 9.52 Å². The second-order valence-corrected chi connectivity index (χ2v) is 7.92. The lowest BCUT2D eigenvalue weighted by Gasteiger charge is -2.52. The predicted octanol–water partition coefficient (Wildman–Crippen LogP) is 4.10. The summed E-state index contributed by atoms with van der Waals surface area (Å²) in [6, 6.07) is 8.52. The molecule has 2 heterocycles. The van der Waals surface area contributed by atoms with Gasteiger partial charge in [-0.15, -0.1) is 0 Å². The van der Waals surface area contributed by atoms with Crippen LogP contribution in [0.3, 0.4) is 0 Å². The van der Waals surface area contributed by atoms with Gasteiger partial charge >= 0.3 is 0 Å². The molecule has 2 aromatic rings. The maximum atomic E-state index is 10.4. The summed E-state index contributed by atoms with van der Waals surface area (Å²) in [5, 5.41) is 10.4. The molecule has 4 rings (SSSR count). The van der Waals surface area contributed by atoms with Crippen LogP contribution in [0.4, 0.5) is 0 Å². The molecule has 1 fully saturated rings. The van der Waals surface area contributed by atoms with Crippen LogP contribution in [0.15, 0.2) is 41.2 Å². The molecule has 2 aliphatic rings. The summed E-state index contributed by atoms with van der Waals surface area (Å²) in [5.74, 6) is 0.452. The Morgan fingerprint density at radius 3 is 2.83 bits per heavy atom. The van der Waals surface area contributed by atoms with Gasteiger partial charge in [0.2, 0.25) is 0 Å². The monoisotopic (exact) mass is 311 g/mol. The maximum absolute atomic E-state index is 10.4. The van der Waals surface area contributed by atoms with E-state index in [9.17, 15) is 5.11 Å². The highest BCUT2D eigenvalue weighted by Crippen LogP contribution is 2.57. The van der Waals surface area contributed by atoms with Crippen LogP contribution in [0, 0.1) is 5.41 Å². The lowest BCUT2D eigenvalue weighted by molar-refractivity contribution is 0.0758. The number of likely N-dealkylation sites (tertiary alicyclic amines) is 1. The van der Waals surface area contributed by atoms with Crippen molar-refractivity contribution in [1.29, 1.82) is 0 Å². The van der Waals surface area contributed by atoms with E-state index in [1.165, 1.54) is 17.5 Å². The maximum Gasteiger partial charge on any atom is 0.119 e. The second-order valence-electron chi connectivity index (χ2n) is 7.92. The van der Waals surface area contributed by atoms with Gasteiger partial charge in [0.25, 0.3) is 0 Å². The molecule has 1 saturated heterocycles. The van der Waals surface area contributed by atoms with Crippen molar-refractivity contribution >= 4 is 0 Å². The average molecular weight is 311 g/mol. The molecule has 23 heavy (non-hydrogen) atoms. The summed E-state index contributed by atoms with van der Waals surface area (Å²) in [4.78, 5) is 2.57. The first-order valence-corrected chi connectivity index (χ1v) is 8.50. The van der Waals surface area contributed by atoms with E-state index in [1.807, 2.05) is 18.4 Å². The Labute approximate surface area is 137 Å². The van der Waals surface area contributed by atoms with Crippen molar-refractivity contribution in [2.24, 2.45) is 5.41 Å². The molecule has 0 bridgehead atoms. The number of hydrogen-bond acceptors (Lipinski definition) is 3. The molecular weight excluding hydrogens is 286 g/mol. The van der Waals surface area contributed by atoms with Gasteiger partial charge in [0.1, 0.15) is 5.75 Å². The summed E-state index contributed by atoms with van der Waals surface area (Å²) < 4.78 is 5.24. The zero-order valence-electron chi connectivity index (χ0n) is 14.2. The zero-order valence-corrected chi connectivity index (χ0v) is 14.2. The average Bonchev–Trinajstić information content (AvgIpc) is 3.12. The first-order valence-electron chi connectivity index (χ1n) is 8.50. The van der Waals surface area contributed by atoms with E-state index >= 15 is 0 Å². The number of phenolic OH excluding ortho intramolecular Hbond substituents is 1. The van der Waals surface area contributed by atoms with Gasteiger partial charge < -0.3 is 9.52 Å². The van der Waals surface area contributed by atoms with Crippen molar-refractivity contribution in [2.45, 2.75) is 51.6 Å². The fourth-order valence-corrected chi connectivity index (χ4v) is 4.87. The molecule has 0 unspecified atom stereocenters. The lowest BCUT2D eigenvalue weighted by atomic mass is 9.54. The van der Waals surface area contributed by atoms with Crippen LogP contribution in [0.25, 0.3) is 0 Å². The third kappa shape index (κ3) is 1.99. The van der Waals surface area contributed by atoms with Gasteiger partial charge in [-0.05, 0) is 53.5 Å². The van der Waals surface area contributed by atoms with Crippen LogP contribution in [0.2, 0.25) is 0 Å². The Hall–Kier alpha value is -1.74. The quantitative estimate of drug-likeness (QED) is 0.907. The first-order chi connectivity index (χ1) is 10.9. The molecule has 1 aromatic carbocycles. The molecule has 0 radical (unpaired) electrons. The topological polar surface area (TPSA) is 36.6 Å². The smallest absolute Gasteiger partial charge is 0.119 e. The number of rotatable bonds is 2. The molecule has 0 amide bonds. The van der Waals surface area contributed by atoms with Crippen LogP contribution in [-0.4, -0.2) is 22.6 Å². The van der Waals surface area contributed by atoms with E-state index in [2.05, 4.69) is 37.8 Å². The minimum atomic E-state index is 0.0507. The molecular formula is C20H25NO2. The highest BCUT2D eigenvalue weighted by molar-refractivity contribution is 5.48. The lowest BCUT2D eigenvalue weighted by Crippen LogP contribution is -2.53. The van der Waals surface area contributed by atoms with E-state index in [0.717, 1.165) is 25.1 Å². The molecule has 2 atom stereocenters. The number of phenols is 1. The van der Waals surface area contributed by atoms with E-state index in [4.69, 9.17) is 4.42 Å². The molecule has 0 spiro atoms. The molecule has 1 N–H and O–H groups in total. The largest absolute Gasteiger partial charge is 0.508 e. The number of fused-ring (bicyclic) bond motifs is 2. The highest BCUT2D eigenvalue weighted by Gasteiger charge is 2.56. The highest BCUT2D eigenvalue weighted by atomic mass is 16.3. The Bertz CT molecular complexity index is 719. The minimum absolute atomic E-state index is 0.0507. The summed E-state index contributed by atoms with van der Waals surface area (Å²) in [5.41, 5.74) is 3.96. The predicted molar refractivity (Wildman–Crippen MR) is 90.5 cm³/mol. The van der Waals surface area contributed by atoms with Crippen molar-refractivity contribution in [3.63, 3.8) is 0 Å². The van der Waals surface area contributed by atoms with E-state index < -0.39 is 0 Å². The third-order valence-electron chi connectivity index (χ3n) is 6.71. The van der Waals surface area contributed by atoms with Crippen LogP contribution in [0.1, 0.15) is 43.9 Å². The molecule has 1 aliphatic carbocycles. The van der Waals surface area contributed by atoms with E-state index in [0.29, 0.717) is 11.8 Å². The van der Waals surface area contributed by atoms with Gasteiger partial charge in [-0.3, -0.25) is 4.90 Å². The zero-order chi connectivity index (χ0) is 16.2. The fourth-order valence-electron chi connectivity index (χ4n) is 4.87. The summed E-state index contributed by atoms with van der Waals surface area (Å²) in [6.45, 7) is 9.15. The Balaban J connectivity index is 1.75. The Kier molecular flexibility index (Phi) is 3.14. The van der Waals surface area contributed by atoms with Gasteiger partial charge in [0, 0.05) is 18.2 Å². The summed E-state index contributed by atoms with van der Waals surface area (Å²) >= 11 is 0. The normalized spacial score (nSPS) is 29.3. The van der Waals surface area contributed by atoms with E-state index in [-0.39, 0.29) is 10.8 Å². The van der Waals surface area contributed by atoms with Gasteiger partial charge in [-0.2, -0.15) is 0 Å². The molecule has 1 aromatic heterocycles. The van der Waals surface area contributed by atoms with Gasteiger partial charge in [0.05, 0.1) is 12.5 Å². The van der Waals surface area contributed by atoms with Gasteiger partial charge in [0.15, 0.2) is 0 Å². The van der Waals surface area contributed by atoms with Crippen molar-refractivity contribution in [3.8, 4) is 5.75 Å². The standard InChI is InChI=1S/C20H25NO2/c1-19(2)16-5-4-6-17(22)15(16)11-18-20(19,3)8-9-21(18)12-14-7-10-23-13-14/h4-7,10,13,18,22H,8-9,11-12H2,1-3H3/t18-,20+/m1/s1. The number of furan rings is 1. The van der Waals surface area contributed by atoms with Gasteiger partial charge in [-0.1, -0.05) is 32.9 Å². The van der Waals surface area contributed by atoms with Crippen molar-refractivity contribution in [1.82, 2.24) is 4.90 Å². The minimum Gasteiger partial charge on any atom is -0.508 e.